The number of nitrogens with zero attached hydrogens (tertiary/aromatic N) is 1. The number of carbonyl (C=O) groups is 1. The summed E-state index contributed by atoms with van der Waals surface area (Å²) in [5, 5.41) is 17.1. The van der Waals surface area contributed by atoms with Crippen LogP contribution in [0.4, 0.5) is 0 Å². The summed E-state index contributed by atoms with van der Waals surface area (Å²) < 4.78 is 2.68. The molecule has 4 aromatic carbocycles. The van der Waals surface area contributed by atoms with E-state index in [9.17, 15) is 9.90 Å². The van der Waals surface area contributed by atoms with Gasteiger partial charge >= 0.3 is 0 Å². The zero-order chi connectivity index (χ0) is 31.1. The Morgan fingerprint density at radius 2 is 1.48 bits per heavy atom. The van der Waals surface area contributed by atoms with Crippen LogP contribution in [0.25, 0.3) is 53.0 Å². The van der Waals surface area contributed by atoms with Gasteiger partial charge in [0.15, 0.2) is 5.78 Å². The number of ketones is 1. The maximum absolute atomic E-state index is 11.5. The molecule has 6 rings (SSSR count). The molecule has 0 aliphatic carbocycles. The predicted molar refractivity (Wildman–Crippen MR) is 185 cm³/mol. The van der Waals surface area contributed by atoms with E-state index in [1.807, 2.05) is 59.1 Å². The molecular weight excluding hydrogens is 739 g/mol. The first-order valence-corrected chi connectivity index (χ1v) is 15.7. The number of rotatable bonds is 3. The molecule has 0 saturated heterocycles. The summed E-state index contributed by atoms with van der Waals surface area (Å²) in [6.45, 7) is 15.6. The van der Waals surface area contributed by atoms with Crippen molar-refractivity contribution < 1.29 is 30.0 Å². The van der Waals surface area contributed by atoms with Gasteiger partial charge in [-0.3, -0.25) is 4.79 Å². The summed E-state index contributed by atoms with van der Waals surface area (Å²) in [4.78, 5) is 16.3. The quantitative estimate of drug-likeness (QED) is 0.0842. The Hall–Kier alpha value is -3.37. The van der Waals surface area contributed by atoms with Crippen molar-refractivity contribution in [3.05, 3.63) is 102 Å². The largest absolute Gasteiger partial charge is 0.512 e. The first-order valence-electron chi connectivity index (χ1n) is 14.9. The Bertz CT molecular complexity index is 2000. The van der Waals surface area contributed by atoms with Gasteiger partial charge in [-0.25, -0.2) is 0 Å². The van der Waals surface area contributed by atoms with Crippen LogP contribution in [0.5, 0.6) is 0 Å². The summed E-state index contributed by atoms with van der Waals surface area (Å²) in [6.07, 6.45) is 3.27. The second-order valence-corrected chi connectivity index (χ2v) is 14.6. The molecule has 0 amide bonds. The first-order chi connectivity index (χ1) is 20.3. The number of fused-ring (bicyclic) bond motifs is 6. The zero-order valence-electron chi connectivity index (χ0n) is 26.7. The van der Waals surface area contributed by atoms with Crippen LogP contribution in [0.3, 0.4) is 0 Å². The Kier molecular flexibility index (Phi) is 9.85. The van der Waals surface area contributed by atoms with Crippen molar-refractivity contribution in [3.63, 3.8) is 0 Å². The van der Waals surface area contributed by atoms with Gasteiger partial charge in [-0.15, -0.1) is 23.3 Å². The van der Waals surface area contributed by atoms with Gasteiger partial charge in [0.05, 0.1) is 0 Å². The van der Waals surface area contributed by atoms with Crippen LogP contribution in [-0.4, -0.2) is 15.9 Å². The van der Waals surface area contributed by atoms with Crippen molar-refractivity contribution in [2.75, 3.05) is 0 Å². The van der Waals surface area contributed by atoms with E-state index in [1.165, 1.54) is 53.4 Å². The molecule has 0 saturated carbocycles. The van der Waals surface area contributed by atoms with E-state index in [2.05, 4.69) is 92.7 Å². The topological polar surface area (TPSA) is 50.2 Å². The first kappa shape index (κ1) is 33.5. The monoisotopic (exact) mass is 779 g/mol. The Labute approximate surface area is 278 Å². The maximum atomic E-state index is 11.5. The second-order valence-electron chi connectivity index (χ2n) is 13.5. The summed E-state index contributed by atoms with van der Waals surface area (Å²) in [5.74, 6) is 0.503. The molecule has 1 N–H and O–H groups in total. The van der Waals surface area contributed by atoms with Gasteiger partial charge in [0.25, 0.3) is 0 Å². The number of carbonyl (C=O) groups excluding carboxylic acids is 1. The minimum Gasteiger partial charge on any atom is -0.512 e. The molecule has 3 nitrogen and oxygen atoms in total. The van der Waals surface area contributed by atoms with Crippen LogP contribution in [0.15, 0.2) is 90.8 Å². The average molecular weight is 779 g/mol. The van der Waals surface area contributed by atoms with E-state index in [0.29, 0.717) is 5.92 Å². The summed E-state index contributed by atoms with van der Waals surface area (Å²) in [5.41, 5.74) is 2.61. The Balaban J connectivity index is 0.000000271. The normalized spacial score (nSPS) is 12.4. The van der Waals surface area contributed by atoms with Gasteiger partial charge in [0.1, 0.15) is 5.76 Å². The average Bonchev–Trinajstić information content (AvgIpc) is 3.34. The molecule has 0 fully saturated rings. The smallest absolute Gasteiger partial charge is 0.164 e. The van der Waals surface area contributed by atoms with Crippen LogP contribution in [-0.2, 0) is 24.9 Å². The number of hydrogen-bond acceptors (Lipinski definition) is 4. The molecule has 1 radical (unpaired) electrons. The molecule has 0 spiro atoms. The molecule has 6 aromatic rings. The third kappa shape index (κ3) is 6.81. The van der Waals surface area contributed by atoms with E-state index in [4.69, 9.17) is 4.98 Å². The van der Waals surface area contributed by atoms with Crippen molar-refractivity contribution in [1.29, 1.82) is 0 Å². The van der Waals surface area contributed by atoms with Crippen LogP contribution >= 0.6 is 11.3 Å². The van der Waals surface area contributed by atoms with Crippen LogP contribution in [0.2, 0.25) is 0 Å². The standard InChI is InChI=1S/C28H20NS.C11H20O2.Ir/c1-17(2)24-15-19(16-25-22-9-5-6-10-26(22)30-28(24)25)27-23-12-11-18-7-3-4-8-20(18)21(23)13-14-29-27;1-10(2,3)8(12)7-9(13)11(4,5)6;/h3-14,16-17H,1-2H3;7,12H,1-6H3;/q-1;;/b;8-7-;. The molecule has 0 atom stereocenters. The molecule has 5 heteroatoms. The number of benzene rings is 4. The fraction of sp³-hybridized carbons (Fsp3) is 0.282. The number of pyridine rings is 1. The van der Waals surface area contributed by atoms with Gasteiger partial charge in [-0.1, -0.05) is 115 Å². The van der Waals surface area contributed by atoms with Crippen LogP contribution < -0.4 is 0 Å². The van der Waals surface area contributed by atoms with Gasteiger partial charge in [-0.2, -0.15) is 11.3 Å². The number of aliphatic hydroxyl groups is 1. The van der Waals surface area contributed by atoms with Crippen molar-refractivity contribution in [2.24, 2.45) is 10.8 Å². The van der Waals surface area contributed by atoms with Crippen LogP contribution in [0, 0.1) is 16.9 Å². The minimum absolute atomic E-state index is 0. The SMILES string of the molecule is CC(C)(C)C(=O)/C=C(\O)C(C)(C)C.CC(C)c1[c-]c(-c2nccc3c2ccc2ccccc23)cc2c1sc1ccccc12.[Ir]. The van der Waals surface area contributed by atoms with Crippen molar-refractivity contribution in [3.8, 4) is 11.3 Å². The molecule has 0 bridgehead atoms. The molecule has 0 aliphatic rings. The summed E-state index contributed by atoms with van der Waals surface area (Å²) in [6, 6.07) is 29.8. The van der Waals surface area contributed by atoms with Crippen molar-refractivity contribution in [1.82, 2.24) is 4.98 Å². The van der Waals surface area contributed by atoms with Gasteiger partial charge in [0.2, 0.25) is 0 Å². The Morgan fingerprint density at radius 1 is 0.818 bits per heavy atom. The fourth-order valence-electron chi connectivity index (χ4n) is 5.03. The Morgan fingerprint density at radius 3 is 2.14 bits per heavy atom. The number of allylic oxidation sites excluding steroid dienone is 2. The van der Waals surface area contributed by atoms with E-state index < -0.39 is 5.41 Å². The summed E-state index contributed by atoms with van der Waals surface area (Å²) >= 11 is 1.87. The minimum atomic E-state index is -0.417. The molecule has 2 aromatic heterocycles. The molecule has 0 aliphatic heterocycles. The van der Waals surface area contributed by atoms with Crippen molar-refractivity contribution in [2.45, 2.75) is 61.3 Å². The van der Waals surface area contributed by atoms with E-state index in [-0.39, 0.29) is 37.1 Å². The predicted octanol–water partition coefficient (Wildman–Crippen LogP) is 11.4. The van der Waals surface area contributed by atoms with Gasteiger partial charge < -0.3 is 10.1 Å². The third-order valence-electron chi connectivity index (χ3n) is 7.72. The van der Waals surface area contributed by atoms with E-state index >= 15 is 0 Å². The fourth-order valence-corrected chi connectivity index (χ4v) is 6.36. The zero-order valence-corrected chi connectivity index (χ0v) is 29.9. The number of aromatic nitrogens is 1. The maximum Gasteiger partial charge on any atom is 0.164 e. The van der Waals surface area contributed by atoms with Crippen molar-refractivity contribution >= 4 is 58.8 Å². The molecule has 0 unspecified atom stereocenters. The number of aliphatic hydroxyl groups excluding tert-OH is 1. The molecule has 2 heterocycles. The molecule has 44 heavy (non-hydrogen) atoms. The van der Waals surface area contributed by atoms with E-state index in [0.717, 1.165) is 11.3 Å². The second kappa shape index (κ2) is 12.9. The van der Waals surface area contributed by atoms with Gasteiger partial charge in [0, 0.05) is 47.9 Å². The number of hydrogen-bond donors (Lipinski definition) is 1. The molecular formula is C39H40IrNO2S-. The van der Waals surface area contributed by atoms with Crippen LogP contribution in [0.1, 0.15) is 66.9 Å². The van der Waals surface area contributed by atoms with Gasteiger partial charge in [-0.05, 0) is 55.4 Å². The number of thiophene rings is 1. The molecule has 229 valence electrons. The third-order valence-corrected chi connectivity index (χ3v) is 8.93. The van der Waals surface area contributed by atoms with E-state index in [1.54, 1.807) is 0 Å². The summed E-state index contributed by atoms with van der Waals surface area (Å²) in [7, 11) is 0.